The van der Waals surface area contributed by atoms with Crippen LogP contribution in [0.4, 0.5) is 17.6 Å². The lowest BCUT2D eigenvalue weighted by atomic mass is 9.99. The van der Waals surface area contributed by atoms with Gasteiger partial charge in [-0.15, -0.1) is 0 Å². The fourth-order valence-electron chi connectivity index (χ4n) is 2.30. The van der Waals surface area contributed by atoms with Gasteiger partial charge in [0.05, 0.1) is 11.1 Å². The first-order valence-electron chi connectivity index (χ1n) is 7.20. The molecular formula is C17H14F4N2O2. The molecule has 0 fully saturated rings. The number of amides is 2. The predicted octanol–water partition coefficient (Wildman–Crippen LogP) is 2.67. The van der Waals surface area contributed by atoms with Crippen molar-refractivity contribution in [3.63, 3.8) is 0 Å². The summed E-state index contributed by atoms with van der Waals surface area (Å²) in [6, 6.07) is 8.24. The molecule has 0 aliphatic rings. The minimum Gasteiger partial charge on any atom is -0.368 e. The van der Waals surface area contributed by atoms with Crippen molar-refractivity contribution in [3.05, 3.63) is 71.0 Å². The highest BCUT2D eigenvalue weighted by atomic mass is 19.4. The van der Waals surface area contributed by atoms with Gasteiger partial charge in [0.2, 0.25) is 5.91 Å². The molecule has 132 valence electrons. The summed E-state index contributed by atoms with van der Waals surface area (Å²) >= 11 is 0. The molecule has 0 bridgehead atoms. The van der Waals surface area contributed by atoms with Crippen molar-refractivity contribution in [1.29, 1.82) is 0 Å². The second-order valence-electron chi connectivity index (χ2n) is 5.27. The lowest BCUT2D eigenvalue weighted by Gasteiger charge is -2.19. The third-order valence-electron chi connectivity index (χ3n) is 3.51. The van der Waals surface area contributed by atoms with Gasteiger partial charge in [-0.2, -0.15) is 13.2 Å². The maximum Gasteiger partial charge on any atom is 0.416 e. The maximum atomic E-state index is 13.6. The van der Waals surface area contributed by atoms with Crippen molar-refractivity contribution in [3.8, 4) is 0 Å². The number of hydrogen-bond donors (Lipinski definition) is 2. The lowest BCUT2D eigenvalue weighted by Crippen LogP contribution is -2.46. The van der Waals surface area contributed by atoms with E-state index in [2.05, 4.69) is 5.32 Å². The Morgan fingerprint density at radius 2 is 1.64 bits per heavy atom. The molecule has 25 heavy (non-hydrogen) atoms. The average molecular weight is 354 g/mol. The smallest absolute Gasteiger partial charge is 0.368 e. The highest BCUT2D eigenvalue weighted by Crippen LogP contribution is 2.32. The van der Waals surface area contributed by atoms with E-state index in [9.17, 15) is 27.2 Å². The van der Waals surface area contributed by atoms with E-state index in [0.717, 1.165) is 12.1 Å². The zero-order valence-corrected chi connectivity index (χ0v) is 12.8. The van der Waals surface area contributed by atoms with Crippen molar-refractivity contribution in [1.82, 2.24) is 5.32 Å². The third kappa shape index (κ3) is 4.56. The molecule has 0 spiro atoms. The van der Waals surface area contributed by atoms with E-state index in [4.69, 9.17) is 5.73 Å². The van der Waals surface area contributed by atoms with Gasteiger partial charge in [-0.1, -0.05) is 30.3 Å². The van der Waals surface area contributed by atoms with Crippen LogP contribution in [-0.4, -0.2) is 17.9 Å². The molecule has 0 saturated carbocycles. The van der Waals surface area contributed by atoms with Gasteiger partial charge >= 0.3 is 6.18 Å². The number of rotatable bonds is 5. The van der Waals surface area contributed by atoms with E-state index >= 15 is 0 Å². The largest absolute Gasteiger partial charge is 0.416 e. The van der Waals surface area contributed by atoms with E-state index in [1.807, 2.05) is 0 Å². The quantitative estimate of drug-likeness (QED) is 0.811. The van der Waals surface area contributed by atoms with E-state index in [-0.39, 0.29) is 11.1 Å². The molecule has 0 saturated heterocycles. The fourth-order valence-corrected chi connectivity index (χ4v) is 2.30. The van der Waals surface area contributed by atoms with E-state index in [0.29, 0.717) is 0 Å². The van der Waals surface area contributed by atoms with Crippen LogP contribution in [0.2, 0.25) is 0 Å². The number of primary amides is 1. The van der Waals surface area contributed by atoms with Gasteiger partial charge in [-0.05, 0) is 23.8 Å². The van der Waals surface area contributed by atoms with Gasteiger partial charge in [0.1, 0.15) is 11.9 Å². The van der Waals surface area contributed by atoms with Crippen molar-refractivity contribution in [2.45, 2.75) is 18.6 Å². The summed E-state index contributed by atoms with van der Waals surface area (Å²) in [6.45, 7) is 0. The molecule has 3 N–H and O–H groups in total. The molecule has 2 aromatic carbocycles. The Bertz CT molecular complexity index is 790. The van der Waals surface area contributed by atoms with Crippen LogP contribution in [0.25, 0.3) is 0 Å². The molecule has 0 aliphatic heterocycles. The van der Waals surface area contributed by atoms with Gasteiger partial charge in [-0.3, -0.25) is 9.59 Å². The lowest BCUT2D eigenvalue weighted by molar-refractivity contribution is -0.138. The standard InChI is InChI=1S/C17H14F4N2O2/c18-13-8-4-2-6-11(13)16(25)23-14(15(22)24)9-10-5-1-3-7-12(10)17(19,20)21/h1-8,14H,9H2,(H2,22,24)(H,23,25)/t14-/m1/s1. The van der Waals surface area contributed by atoms with Crippen molar-refractivity contribution >= 4 is 11.8 Å². The molecule has 1 atom stereocenters. The van der Waals surface area contributed by atoms with Crippen LogP contribution in [0.3, 0.4) is 0 Å². The SMILES string of the molecule is NC(=O)[C@@H](Cc1ccccc1C(F)(F)F)NC(=O)c1ccccc1F. The second kappa shape index (κ2) is 7.33. The first-order valence-corrected chi connectivity index (χ1v) is 7.20. The second-order valence-corrected chi connectivity index (χ2v) is 5.27. The number of benzene rings is 2. The number of alkyl halides is 3. The Morgan fingerprint density at radius 3 is 2.24 bits per heavy atom. The third-order valence-corrected chi connectivity index (χ3v) is 3.51. The van der Waals surface area contributed by atoms with Gasteiger partial charge in [0.25, 0.3) is 5.91 Å². The predicted molar refractivity (Wildman–Crippen MR) is 82.0 cm³/mol. The monoisotopic (exact) mass is 354 g/mol. The highest BCUT2D eigenvalue weighted by Gasteiger charge is 2.34. The topological polar surface area (TPSA) is 72.2 Å². The molecule has 2 rings (SSSR count). The summed E-state index contributed by atoms with van der Waals surface area (Å²) in [5.74, 6) is -2.79. The number of nitrogens with one attached hydrogen (secondary N) is 1. The average Bonchev–Trinajstić information content (AvgIpc) is 2.54. The molecule has 8 heteroatoms. The van der Waals surface area contributed by atoms with Gasteiger partial charge < -0.3 is 11.1 Å². The van der Waals surface area contributed by atoms with Crippen molar-refractivity contribution < 1.29 is 27.2 Å². The summed E-state index contributed by atoms with van der Waals surface area (Å²) in [6.07, 6.45) is -5.08. The summed E-state index contributed by atoms with van der Waals surface area (Å²) in [7, 11) is 0. The summed E-state index contributed by atoms with van der Waals surface area (Å²) in [5, 5.41) is 2.18. The van der Waals surface area contributed by atoms with Crippen molar-refractivity contribution in [2.24, 2.45) is 5.73 Å². The molecule has 2 aromatic rings. The fraction of sp³-hybridized carbons (Fsp3) is 0.176. The van der Waals surface area contributed by atoms with E-state index < -0.39 is 41.8 Å². The number of halogens is 4. The molecule has 0 aromatic heterocycles. The molecule has 0 aliphatic carbocycles. The Labute approximate surface area is 140 Å². The Hall–Kier alpha value is -2.90. The summed E-state index contributed by atoms with van der Waals surface area (Å²) in [5.41, 5.74) is 3.71. The normalized spacial score (nSPS) is 12.5. The van der Waals surface area contributed by atoms with Crippen LogP contribution in [0.15, 0.2) is 48.5 Å². The number of hydrogen-bond acceptors (Lipinski definition) is 2. The first-order chi connectivity index (χ1) is 11.7. The molecular weight excluding hydrogens is 340 g/mol. The zero-order chi connectivity index (χ0) is 18.6. The first kappa shape index (κ1) is 18.4. The van der Waals surface area contributed by atoms with E-state index in [1.54, 1.807) is 0 Å². The van der Waals surface area contributed by atoms with Crippen LogP contribution in [-0.2, 0) is 17.4 Å². The van der Waals surface area contributed by atoms with Crippen LogP contribution in [0.5, 0.6) is 0 Å². The van der Waals surface area contributed by atoms with Gasteiger partial charge in [0.15, 0.2) is 0 Å². The molecule has 0 unspecified atom stereocenters. The van der Waals surface area contributed by atoms with Crippen LogP contribution >= 0.6 is 0 Å². The maximum absolute atomic E-state index is 13.6. The van der Waals surface area contributed by atoms with Crippen LogP contribution in [0.1, 0.15) is 21.5 Å². The zero-order valence-electron chi connectivity index (χ0n) is 12.8. The van der Waals surface area contributed by atoms with Crippen LogP contribution < -0.4 is 11.1 Å². The summed E-state index contributed by atoms with van der Waals surface area (Å²) < 4.78 is 52.7. The Balaban J connectivity index is 2.25. The molecule has 0 heterocycles. The molecule has 2 amide bonds. The number of carbonyl (C=O) groups is 2. The van der Waals surface area contributed by atoms with E-state index in [1.165, 1.54) is 36.4 Å². The van der Waals surface area contributed by atoms with Gasteiger partial charge in [-0.25, -0.2) is 4.39 Å². The van der Waals surface area contributed by atoms with Crippen molar-refractivity contribution in [2.75, 3.05) is 0 Å². The van der Waals surface area contributed by atoms with Gasteiger partial charge in [0, 0.05) is 6.42 Å². The van der Waals surface area contributed by atoms with Crippen LogP contribution in [0, 0.1) is 5.82 Å². The summed E-state index contributed by atoms with van der Waals surface area (Å²) in [4.78, 5) is 23.6. The highest BCUT2D eigenvalue weighted by molar-refractivity contribution is 5.97. The molecule has 0 radical (unpaired) electrons. The number of carbonyl (C=O) groups excluding carboxylic acids is 2. The Kier molecular flexibility index (Phi) is 5.41. The minimum absolute atomic E-state index is 0.201. The minimum atomic E-state index is -4.62. The Morgan fingerprint density at radius 1 is 1.04 bits per heavy atom. The number of nitrogens with two attached hydrogens (primary N) is 1. The molecule has 4 nitrogen and oxygen atoms in total.